The molecule has 1 aromatic rings. The van der Waals surface area contributed by atoms with Crippen molar-refractivity contribution in [1.29, 1.82) is 0 Å². The zero-order chi connectivity index (χ0) is 12.3. The van der Waals surface area contributed by atoms with Gasteiger partial charge in [-0.2, -0.15) is 0 Å². The minimum atomic E-state index is -0.726. The van der Waals surface area contributed by atoms with Gasteiger partial charge in [0.2, 0.25) is 5.78 Å². The third-order valence-electron chi connectivity index (χ3n) is 3.59. The second-order valence-corrected chi connectivity index (χ2v) is 4.48. The monoisotopic (exact) mass is 232 g/mol. The lowest BCUT2D eigenvalue weighted by Gasteiger charge is -2.26. The number of hydrogen-bond donors (Lipinski definition) is 0. The number of carbonyl (C=O) groups excluding carboxylic acids is 2. The van der Waals surface area contributed by atoms with Crippen molar-refractivity contribution in [2.45, 2.75) is 31.1 Å². The first-order valence-electron chi connectivity index (χ1n) is 5.89. The van der Waals surface area contributed by atoms with Gasteiger partial charge in [-0.3, -0.25) is 4.79 Å². The van der Waals surface area contributed by atoms with Gasteiger partial charge in [0, 0.05) is 0 Å². The van der Waals surface area contributed by atoms with Crippen molar-refractivity contribution in [1.82, 2.24) is 0 Å². The Morgan fingerprint density at radius 2 is 1.71 bits per heavy atom. The van der Waals surface area contributed by atoms with Crippen molar-refractivity contribution < 1.29 is 14.3 Å². The summed E-state index contributed by atoms with van der Waals surface area (Å²) in [5.41, 5.74) is 0.293. The molecule has 0 atom stereocenters. The zero-order valence-electron chi connectivity index (χ0n) is 9.94. The number of hydrogen-bond acceptors (Lipinski definition) is 3. The van der Waals surface area contributed by atoms with Crippen LogP contribution < -0.4 is 0 Å². The number of methoxy groups -OCH3 is 1. The van der Waals surface area contributed by atoms with Crippen LogP contribution >= 0.6 is 0 Å². The van der Waals surface area contributed by atoms with Crippen molar-refractivity contribution in [2.24, 2.45) is 0 Å². The van der Waals surface area contributed by atoms with E-state index in [9.17, 15) is 9.59 Å². The van der Waals surface area contributed by atoms with Gasteiger partial charge in [0.25, 0.3) is 0 Å². The largest absolute Gasteiger partial charge is 0.463 e. The van der Waals surface area contributed by atoms with E-state index >= 15 is 0 Å². The Balaban J connectivity index is 2.40. The maximum Gasteiger partial charge on any atom is 0.375 e. The number of benzene rings is 1. The Bertz CT molecular complexity index is 416. The molecule has 0 amide bonds. The van der Waals surface area contributed by atoms with Crippen LogP contribution in [0.3, 0.4) is 0 Å². The molecule has 3 nitrogen and oxygen atoms in total. The molecule has 0 unspecified atom stereocenters. The SMILES string of the molecule is COC(=O)C(=O)C1(c2ccccc2)CCCC1. The highest BCUT2D eigenvalue weighted by atomic mass is 16.5. The fourth-order valence-corrected chi connectivity index (χ4v) is 2.67. The van der Waals surface area contributed by atoms with Gasteiger partial charge in [0.15, 0.2) is 0 Å². The number of ether oxygens (including phenoxy) is 1. The van der Waals surface area contributed by atoms with E-state index in [2.05, 4.69) is 4.74 Å². The van der Waals surface area contributed by atoms with Crippen LogP contribution in [0.1, 0.15) is 31.2 Å². The predicted molar refractivity (Wildman–Crippen MR) is 63.6 cm³/mol. The van der Waals surface area contributed by atoms with Gasteiger partial charge in [-0.15, -0.1) is 0 Å². The van der Waals surface area contributed by atoms with E-state index in [0.29, 0.717) is 0 Å². The molecule has 0 saturated heterocycles. The predicted octanol–water partition coefficient (Wildman–Crippen LogP) is 2.24. The van der Waals surface area contributed by atoms with Crippen LogP contribution in [0.25, 0.3) is 0 Å². The van der Waals surface area contributed by atoms with Gasteiger partial charge in [-0.25, -0.2) is 4.79 Å². The third kappa shape index (κ3) is 1.97. The highest BCUT2D eigenvalue weighted by Gasteiger charge is 2.46. The summed E-state index contributed by atoms with van der Waals surface area (Å²) in [6.07, 6.45) is 3.45. The Labute approximate surface area is 101 Å². The Kier molecular flexibility index (Phi) is 3.27. The quantitative estimate of drug-likeness (QED) is 0.593. The molecule has 0 aromatic heterocycles. The summed E-state index contributed by atoms with van der Waals surface area (Å²) in [4.78, 5) is 23.7. The molecule has 0 aliphatic heterocycles. The number of rotatable bonds is 3. The smallest absolute Gasteiger partial charge is 0.375 e. The summed E-state index contributed by atoms with van der Waals surface area (Å²) in [5, 5.41) is 0. The first-order chi connectivity index (χ1) is 8.20. The summed E-state index contributed by atoms with van der Waals surface area (Å²) < 4.78 is 4.58. The van der Waals surface area contributed by atoms with Gasteiger partial charge in [-0.05, 0) is 18.4 Å². The minimum absolute atomic E-state index is 0.399. The standard InChI is InChI=1S/C14H16O3/c1-17-13(16)12(15)14(9-5-6-10-14)11-7-3-2-4-8-11/h2-4,7-8H,5-6,9-10H2,1H3. The van der Waals surface area contributed by atoms with Gasteiger partial charge in [0.05, 0.1) is 12.5 Å². The summed E-state index contributed by atoms with van der Waals surface area (Å²) >= 11 is 0. The minimum Gasteiger partial charge on any atom is -0.463 e. The zero-order valence-corrected chi connectivity index (χ0v) is 9.94. The molecule has 1 aromatic carbocycles. The Hall–Kier alpha value is -1.64. The van der Waals surface area contributed by atoms with E-state index in [4.69, 9.17) is 0 Å². The van der Waals surface area contributed by atoms with E-state index in [1.165, 1.54) is 7.11 Å². The number of esters is 1. The highest BCUT2D eigenvalue weighted by molar-refractivity contribution is 6.37. The van der Waals surface area contributed by atoms with Crippen LogP contribution in [-0.2, 0) is 19.7 Å². The normalized spacial score (nSPS) is 17.7. The molecular formula is C14H16O3. The van der Waals surface area contributed by atoms with Crippen molar-refractivity contribution in [3.63, 3.8) is 0 Å². The molecule has 1 aliphatic carbocycles. The topological polar surface area (TPSA) is 43.4 Å². The first-order valence-corrected chi connectivity index (χ1v) is 5.89. The molecule has 1 saturated carbocycles. The van der Waals surface area contributed by atoms with Gasteiger partial charge >= 0.3 is 5.97 Å². The Morgan fingerprint density at radius 3 is 2.24 bits per heavy atom. The maximum absolute atomic E-state index is 12.2. The molecule has 17 heavy (non-hydrogen) atoms. The molecule has 0 N–H and O–H groups in total. The van der Waals surface area contributed by atoms with E-state index in [-0.39, 0.29) is 0 Å². The second kappa shape index (κ2) is 4.70. The van der Waals surface area contributed by atoms with E-state index < -0.39 is 17.2 Å². The molecule has 1 fully saturated rings. The van der Waals surface area contributed by atoms with Crippen LogP contribution in [0.15, 0.2) is 30.3 Å². The van der Waals surface area contributed by atoms with Gasteiger partial charge in [-0.1, -0.05) is 43.2 Å². The summed E-state index contributed by atoms with van der Waals surface area (Å²) in [7, 11) is 1.26. The lowest BCUT2D eigenvalue weighted by atomic mass is 9.75. The average molecular weight is 232 g/mol. The summed E-state index contributed by atoms with van der Waals surface area (Å²) in [6.45, 7) is 0. The lowest BCUT2D eigenvalue weighted by molar-refractivity contribution is -0.154. The van der Waals surface area contributed by atoms with E-state index in [1.807, 2.05) is 30.3 Å². The molecule has 90 valence electrons. The molecule has 0 radical (unpaired) electrons. The van der Waals surface area contributed by atoms with Gasteiger partial charge in [0.1, 0.15) is 0 Å². The lowest BCUT2D eigenvalue weighted by Crippen LogP contribution is -2.38. The van der Waals surface area contributed by atoms with Crippen molar-refractivity contribution in [3.8, 4) is 0 Å². The second-order valence-electron chi connectivity index (χ2n) is 4.48. The van der Waals surface area contributed by atoms with E-state index in [0.717, 1.165) is 31.2 Å². The maximum atomic E-state index is 12.2. The molecule has 1 aliphatic rings. The first kappa shape index (κ1) is 11.8. The van der Waals surface area contributed by atoms with Crippen LogP contribution in [0.2, 0.25) is 0 Å². The van der Waals surface area contributed by atoms with E-state index in [1.54, 1.807) is 0 Å². The Morgan fingerprint density at radius 1 is 1.12 bits per heavy atom. The number of ketones is 1. The number of carbonyl (C=O) groups is 2. The van der Waals surface area contributed by atoms with Crippen molar-refractivity contribution >= 4 is 11.8 Å². The van der Waals surface area contributed by atoms with Crippen molar-refractivity contribution in [3.05, 3.63) is 35.9 Å². The van der Waals surface area contributed by atoms with Crippen molar-refractivity contribution in [2.75, 3.05) is 7.11 Å². The molecule has 2 rings (SSSR count). The molecule has 3 heteroatoms. The summed E-state index contributed by atoms with van der Waals surface area (Å²) in [5.74, 6) is -1.13. The third-order valence-corrected chi connectivity index (χ3v) is 3.59. The van der Waals surface area contributed by atoms with Crippen LogP contribution in [0.4, 0.5) is 0 Å². The van der Waals surface area contributed by atoms with Crippen LogP contribution in [0.5, 0.6) is 0 Å². The summed E-state index contributed by atoms with van der Waals surface area (Å²) in [6, 6.07) is 9.56. The highest BCUT2D eigenvalue weighted by Crippen LogP contribution is 2.42. The fourth-order valence-electron chi connectivity index (χ4n) is 2.67. The fraction of sp³-hybridized carbons (Fsp3) is 0.429. The van der Waals surface area contributed by atoms with Crippen LogP contribution in [-0.4, -0.2) is 18.9 Å². The molecule has 0 bridgehead atoms. The average Bonchev–Trinajstić information content (AvgIpc) is 2.88. The van der Waals surface area contributed by atoms with Gasteiger partial charge < -0.3 is 4.74 Å². The van der Waals surface area contributed by atoms with Crippen LogP contribution in [0, 0.1) is 0 Å². The molecular weight excluding hydrogens is 216 g/mol. The molecule has 0 spiro atoms. The number of Topliss-reactive ketones (excluding diaryl/α,β-unsaturated/α-hetero) is 1. The molecule has 0 heterocycles.